The van der Waals surface area contributed by atoms with Gasteiger partial charge in [0.25, 0.3) is 5.91 Å². The number of halogens is 3. The topological polar surface area (TPSA) is 46.3 Å². The third-order valence-corrected chi connectivity index (χ3v) is 3.09. The first kappa shape index (κ1) is 15.1. The van der Waals surface area contributed by atoms with Gasteiger partial charge in [-0.1, -0.05) is 12.1 Å². The van der Waals surface area contributed by atoms with Gasteiger partial charge in [-0.05, 0) is 29.8 Å². The normalized spacial score (nSPS) is 10.5. The number of hydrogen-bond acceptors (Lipinski definition) is 2. The molecule has 0 aliphatic rings. The molecule has 2 rings (SSSR count). The van der Waals surface area contributed by atoms with Crippen molar-refractivity contribution in [2.45, 2.75) is 6.54 Å². The van der Waals surface area contributed by atoms with E-state index in [9.17, 15) is 18.0 Å². The second kappa shape index (κ2) is 5.97. The van der Waals surface area contributed by atoms with Crippen LogP contribution >= 0.6 is 0 Å². The molecule has 0 aliphatic carbocycles. The number of amides is 1. The van der Waals surface area contributed by atoms with Gasteiger partial charge in [0.05, 0.1) is 0 Å². The Morgan fingerprint density at radius 1 is 1.10 bits per heavy atom. The molecular weight excluding hydrogens is 281 g/mol. The Morgan fingerprint density at radius 3 is 2.10 bits per heavy atom. The van der Waals surface area contributed by atoms with E-state index in [1.807, 2.05) is 0 Å². The van der Waals surface area contributed by atoms with Crippen molar-refractivity contribution in [3.05, 3.63) is 65.0 Å². The van der Waals surface area contributed by atoms with E-state index in [0.717, 1.165) is 5.56 Å². The summed E-state index contributed by atoms with van der Waals surface area (Å²) in [7, 11) is 1.46. The number of carbonyl (C=O) groups is 1. The van der Waals surface area contributed by atoms with E-state index in [0.29, 0.717) is 24.4 Å². The average Bonchev–Trinajstić information content (AvgIpc) is 2.50. The molecule has 0 atom stereocenters. The summed E-state index contributed by atoms with van der Waals surface area (Å²) in [5.41, 5.74) is 6.63. The maximum Gasteiger partial charge on any atom is 0.258 e. The molecule has 0 bridgehead atoms. The van der Waals surface area contributed by atoms with Crippen LogP contribution in [0.1, 0.15) is 15.9 Å². The van der Waals surface area contributed by atoms with Crippen molar-refractivity contribution in [2.75, 3.05) is 11.9 Å². The lowest BCUT2D eigenvalue weighted by Gasteiger charge is -2.18. The Morgan fingerprint density at radius 2 is 1.62 bits per heavy atom. The summed E-state index contributed by atoms with van der Waals surface area (Å²) in [6, 6.07) is 8.15. The molecule has 3 nitrogen and oxygen atoms in total. The highest BCUT2D eigenvalue weighted by atomic mass is 19.2. The third kappa shape index (κ3) is 3.05. The zero-order valence-electron chi connectivity index (χ0n) is 11.2. The number of hydrogen-bond donors (Lipinski definition) is 1. The molecule has 2 aromatic rings. The molecule has 110 valence electrons. The molecule has 0 radical (unpaired) electrons. The number of nitrogens with zero attached hydrogens (tertiary/aromatic N) is 1. The summed E-state index contributed by atoms with van der Waals surface area (Å²) >= 11 is 0. The van der Waals surface area contributed by atoms with Crippen LogP contribution in [0.4, 0.5) is 18.9 Å². The Hall–Kier alpha value is -2.34. The third-order valence-electron chi connectivity index (χ3n) is 3.09. The van der Waals surface area contributed by atoms with Crippen LogP contribution in [0.3, 0.4) is 0 Å². The van der Waals surface area contributed by atoms with Crippen molar-refractivity contribution in [2.24, 2.45) is 5.73 Å². The van der Waals surface area contributed by atoms with E-state index < -0.39 is 23.4 Å². The fourth-order valence-electron chi connectivity index (χ4n) is 1.85. The number of benzene rings is 2. The van der Waals surface area contributed by atoms with Crippen molar-refractivity contribution in [1.82, 2.24) is 0 Å². The summed E-state index contributed by atoms with van der Waals surface area (Å²) in [5, 5.41) is 0. The summed E-state index contributed by atoms with van der Waals surface area (Å²) in [4.78, 5) is 13.4. The molecule has 6 heteroatoms. The second-order valence-electron chi connectivity index (χ2n) is 4.49. The van der Waals surface area contributed by atoms with Gasteiger partial charge >= 0.3 is 0 Å². The molecule has 0 saturated heterocycles. The van der Waals surface area contributed by atoms with Gasteiger partial charge in [-0.25, -0.2) is 13.2 Å². The zero-order valence-corrected chi connectivity index (χ0v) is 11.2. The molecule has 0 aliphatic heterocycles. The first-order chi connectivity index (χ1) is 9.93. The van der Waals surface area contributed by atoms with E-state index in [1.165, 1.54) is 11.9 Å². The summed E-state index contributed by atoms with van der Waals surface area (Å²) in [6.07, 6.45) is 0. The lowest BCUT2D eigenvalue weighted by atomic mass is 10.1. The standard InChI is InChI=1S/C15H13F3N2O/c1-20(11-4-2-9(8-19)3-5-11)15(21)10-6-12(16)14(18)13(17)7-10/h2-7H,8,19H2,1H3. The predicted octanol–water partition coefficient (Wildman–Crippen LogP) is 2.84. The van der Waals surface area contributed by atoms with Crippen LogP contribution in [-0.4, -0.2) is 13.0 Å². The Balaban J connectivity index is 2.30. The molecule has 21 heavy (non-hydrogen) atoms. The summed E-state index contributed by atoms with van der Waals surface area (Å²) in [5.74, 6) is -5.04. The highest BCUT2D eigenvalue weighted by molar-refractivity contribution is 6.05. The minimum Gasteiger partial charge on any atom is -0.326 e. The highest BCUT2D eigenvalue weighted by Crippen LogP contribution is 2.19. The number of nitrogens with two attached hydrogens (primary N) is 1. The maximum absolute atomic E-state index is 13.2. The number of anilines is 1. The molecule has 0 heterocycles. The Bertz CT molecular complexity index is 648. The minimum atomic E-state index is -1.60. The maximum atomic E-state index is 13.2. The smallest absolute Gasteiger partial charge is 0.258 e. The fourth-order valence-corrected chi connectivity index (χ4v) is 1.85. The van der Waals surface area contributed by atoms with Crippen molar-refractivity contribution in [3.63, 3.8) is 0 Å². The second-order valence-corrected chi connectivity index (χ2v) is 4.49. The lowest BCUT2D eigenvalue weighted by Crippen LogP contribution is -2.26. The summed E-state index contributed by atoms with van der Waals surface area (Å²) < 4.78 is 39.2. The van der Waals surface area contributed by atoms with Crippen molar-refractivity contribution >= 4 is 11.6 Å². The van der Waals surface area contributed by atoms with Gasteiger partial charge in [-0.15, -0.1) is 0 Å². The zero-order chi connectivity index (χ0) is 15.6. The molecule has 0 saturated carbocycles. The molecule has 0 aromatic heterocycles. The molecule has 2 N–H and O–H groups in total. The first-order valence-electron chi connectivity index (χ1n) is 6.15. The van der Waals surface area contributed by atoms with Gasteiger partial charge < -0.3 is 10.6 Å². The fraction of sp³-hybridized carbons (Fsp3) is 0.133. The van der Waals surface area contributed by atoms with E-state index in [2.05, 4.69) is 0 Å². The van der Waals surface area contributed by atoms with E-state index in [-0.39, 0.29) is 5.56 Å². The van der Waals surface area contributed by atoms with Crippen LogP contribution in [0.2, 0.25) is 0 Å². The van der Waals surface area contributed by atoms with Gasteiger partial charge in [0, 0.05) is 24.8 Å². The molecule has 1 amide bonds. The van der Waals surface area contributed by atoms with Crippen LogP contribution in [0.5, 0.6) is 0 Å². The van der Waals surface area contributed by atoms with Gasteiger partial charge in [0.2, 0.25) is 0 Å². The van der Waals surface area contributed by atoms with E-state index >= 15 is 0 Å². The van der Waals surface area contributed by atoms with Crippen molar-refractivity contribution < 1.29 is 18.0 Å². The predicted molar refractivity (Wildman–Crippen MR) is 73.4 cm³/mol. The monoisotopic (exact) mass is 294 g/mol. The molecule has 2 aromatic carbocycles. The molecule has 0 fully saturated rings. The summed E-state index contributed by atoms with van der Waals surface area (Å²) in [6.45, 7) is 0.367. The van der Waals surface area contributed by atoms with Gasteiger partial charge in [0.15, 0.2) is 17.5 Å². The average molecular weight is 294 g/mol. The van der Waals surface area contributed by atoms with Crippen molar-refractivity contribution in [3.8, 4) is 0 Å². The molecule has 0 spiro atoms. The SMILES string of the molecule is CN(C(=O)c1cc(F)c(F)c(F)c1)c1ccc(CN)cc1. The lowest BCUT2D eigenvalue weighted by molar-refractivity contribution is 0.0992. The van der Waals surface area contributed by atoms with Gasteiger partial charge in [-0.3, -0.25) is 4.79 Å². The van der Waals surface area contributed by atoms with Crippen LogP contribution in [0.25, 0.3) is 0 Å². The van der Waals surface area contributed by atoms with Crippen LogP contribution in [-0.2, 0) is 6.54 Å². The van der Waals surface area contributed by atoms with E-state index in [1.54, 1.807) is 24.3 Å². The quantitative estimate of drug-likeness (QED) is 0.885. The van der Waals surface area contributed by atoms with Crippen LogP contribution in [0.15, 0.2) is 36.4 Å². The number of carbonyl (C=O) groups excluding carboxylic acids is 1. The Kier molecular flexibility index (Phi) is 4.28. The van der Waals surface area contributed by atoms with Crippen LogP contribution < -0.4 is 10.6 Å². The first-order valence-corrected chi connectivity index (χ1v) is 6.15. The van der Waals surface area contributed by atoms with Gasteiger partial charge in [-0.2, -0.15) is 0 Å². The highest BCUT2D eigenvalue weighted by Gasteiger charge is 2.18. The van der Waals surface area contributed by atoms with Crippen LogP contribution in [0, 0.1) is 17.5 Å². The number of rotatable bonds is 3. The Labute approximate surface area is 119 Å². The minimum absolute atomic E-state index is 0.267. The molecular formula is C15H13F3N2O. The molecule has 0 unspecified atom stereocenters. The van der Waals surface area contributed by atoms with Crippen molar-refractivity contribution in [1.29, 1.82) is 0 Å². The largest absolute Gasteiger partial charge is 0.326 e. The van der Waals surface area contributed by atoms with E-state index in [4.69, 9.17) is 5.73 Å². The van der Waals surface area contributed by atoms with Gasteiger partial charge in [0.1, 0.15) is 0 Å².